The minimum Gasteiger partial charge on any atom is -0.0878 e. The Hall–Kier alpha value is -0.520. The van der Waals surface area contributed by atoms with Gasteiger partial charge in [0.25, 0.3) is 0 Å². The molecule has 2 aliphatic rings. The molecule has 54 valence electrons. The molecule has 0 heteroatoms. The van der Waals surface area contributed by atoms with Crippen LogP contribution >= 0.6 is 0 Å². The Kier molecular flexibility index (Phi) is 1.08. The third-order valence-corrected chi connectivity index (χ3v) is 2.87. The van der Waals surface area contributed by atoms with Crippen molar-refractivity contribution in [3.63, 3.8) is 0 Å². The third-order valence-electron chi connectivity index (χ3n) is 2.87. The maximum Gasteiger partial charge on any atom is -0.00146 e. The average Bonchev–Trinajstić information content (AvgIpc) is 2.41. The van der Waals surface area contributed by atoms with Gasteiger partial charge in [-0.2, -0.15) is 0 Å². The Morgan fingerprint density at radius 1 is 1.70 bits per heavy atom. The summed E-state index contributed by atoms with van der Waals surface area (Å²) in [6.45, 7) is 4.52. The molecule has 2 rings (SSSR count). The first-order valence-electron chi connectivity index (χ1n) is 4.08. The SMILES string of the molecule is CC=C1CC2(C)C=CC1C2. The quantitative estimate of drug-likeness (QED) is 0.447. The fraction of sp³-hybridized carbons (Fsp3) is 0.600. The van der Waals surface area contributed by atoms with Gasteiger partial charge in [-0.1, -0.05) is 30.7 Å². The van der Waals surface area contributed by atoms with Gasteiger partial charge in [-0.15, -0.1) is 0 Å². The molecule has 0 aromatic carbocycles. The van der Waals surface area contributed by atoms with Crippen LogP contribution in [0.4, 0.5) is 0 Å². The first kappa shape index (κ1) is 6.21. The lowest BCUT2D eigenvalue weighted by molar-refractivity contribution is 0.461. The number of allylic oxidation sites excluding steroid dienone is 4. The smallest absolute Gasteiger partial charge is 0.00146 e. The molecule has 1 saturated carbocycles. The third kappa shape index (κ3) is 0.681. The van der Waals surface area contributed by atoms with Crippen molar-refractivity contribution in [1.82, 2.24) is 0 Å². The first-order chi connectivity index (χ1) is 4.73. The normalized spacial score (nSPS) is 47.4. The highest BCUT2D eigenvalue weighted by Gasteiger charge is 2.39. The van der Waals surface area contributed by atoms with Crippen molar-refractivity contribution in [2.75, 3.05) is 0 Å². The monoisotopic (exact) mass is 134 g/mol. The summed E-state index contributed by atoms with van der Waals surface area (Å²) in [7, 11) is 0. The van der Waals surface area contributed by atoms with Crippen LogP contribution in [-0.2, 0) is 0 Å². The minimum absolute atomic E-state index is 0.534. The molecule has 0 saturated heterocycles. The van der Waals surface area contributed by atoms with E-state index in [2.05, 4.69) is 32.1 Å². The summed E-state index contributed by atoms with van der Waals surface area (Å²) in [5, 5.41) is 0. The van der Waals surface area contributed by atoms with Gasteiger partial charge >= 0.3 is 0 Å². The molecule has 0 spiro atoms. The Labute approximate surface area is 62.6 Å². The highest BCUT2D eigenvalue weighted by atomic mass is 14.4. The molecule has 0 radical (unpaired) electrons. The highest BCUT2D eigenvalue weighted by molar-refractivity contribution is 5.30. The van der Waals surface area contributed by atoms with E-state index in [-0.39, 0.29) is 0 Å². The zero-order valence-electron chi connectivity index (χ0n) is 6.72. The summed E-state index contributed by atoms with van der Waals surface area (Å²) in [6, 6.07) is 0. The highest BCUT2D eigenvalue weighted by Crippen LogP contribution is 2.51. The van der Waals surface area contributed by atoms with E-state index >= 15 is 0 Å². The molecule has 0 nitrogen and oxygen atoms in total. The van der Waals surface area contributed by atoms with Crippen molar-refractivity contribution in [2.45, 2.75) is 26.7 Å². The fourth-order valence-electron chi connectivity index (χ4n) is 2.29. The van der Waals surface area contributed by atoms with E-state index in [1.54, 1.807) is 5.57 Å². The molecule has 0 amide bonds. The molecule has 0 aromatic rings. The van der Waals surface area contributed by atoms with Crippen LogP contribution in [-0.4, -0.2) is 0 Å². The topological polar surface area (TPSA) is 0 Å². The van der Waals surface area contributed by atoms with Crippen LogP contribution in [0.2, 0.25) is 0 Å². The Morgan fingerprint density at radius 3 is 2.80 bits per heavy atom. The van der Waals surface area contributed by atoms with E-state index in [1.165, 1.54) is 12.8 Å². The van der Waals surface area contributed by atoms with Crippen molar-refractivity contribution in [2.24, 2.45) is 11.3 Å². The number of hydrogen-bond donors (Lipinski definition) is 0. The molecule has 2 bridgehead atoms. The Morgan fingerprint density at radius 2 is 2.50 bits per heavy atom. The van der Waals surface area contributed by atoms with Crippen molar-refractivity contribution < 1.29 is 0 Å². The first-order valence-corrected chi connectivity index (χ1v) is 4.08. The van der Waals surface area contributed by atoms with E-state index in [4.69, 9.17) is 0 Å². The van der Waals surface area contributed by atoms with E-state index in [9.17, 15) is 0 Å². The molecule has 2 atom stereocenters. The maximum absolute atomic E-state index is 2.39. The van der Waals surface area contributed by atoms with Crippen LogP contribution in [0.15, 0.2) is 23.8 Å². The van der Waals surface area contributed by atoms with Crippen LogP contribution in [0.1, 0.15) is 26.7 Å². The van der Waals surface area contributed by atoms with Crippen LogP contribution in [0, 0.1) is 11.3 Å². The molecule has 0 aliphatic heterocycles. The summed E-state index contributed by atoms with van der Waals surface area (Å²) in [5.41, 5.74) is 2.19. The van der Waals surface area contributed by atoms with E-state index in [0.29, 0.717) is 5.41 Å². The zero-order chi connectivity index (χ0) is 7.19. The predicted octanol–water partition coefficient (Wildman–Crippen LogP) is 2.92. The standard InChI is InChI=1S/C10H14/c1-3-8-6-10(2)5-4-9(8)7-10/h3-5,9H,6-7H2,1-2H3. The summed E-state index contributed by atoms with van der Waals surface area (Å²) < 4.78 is 0. The van der Waals surface area contributed by atoms with Gasteiger partial charge in [-0.05, 0) is 31.1 Å². The van der Waals surface area contributed by atoms with Gasteiger partial charge < -0.3 is 0 Å². The molecule has 2 unspecified atom stereocenters. The van der Waals surface area contributed by atoms with Gasteiger partial charge in [0.1, 0.15) is 0 Å². The van der Waals surface area contributed by atoms with Crippen LogP contribution in [0.5, 0.6) is 0 Å². The van der Waals surface area contributed by atoms with Gasteiger partial charge in [-0.3, -0.25) is 0 Å². The molecule has 10 heavy (non-hydrogen) atoms. The second-order valence-electron chi connectivity index (χ2n) is 3.86. The van der Waals surface area contributed by atoms with Gasteiger partial charge in [0, 0.05) is 0 Å². The number of rotatable bonds is 0. The lowest BCUT2D eigenvalue weighted by Crippen LogP contribution is -2.03. The summed E-state index contributed by atoms with van der Waals surface area (Å²) in [4.78, 5) is 0. The Bertz CT molecular complexity index is 210. The zero-order valence-corrected chi connectivity index (χ0v) is 6.72. The molecule has 2 aliphatic carbocycles. The average molecular weight is 134 g/mol. The molecular formula is C10H14. The second-order valence-corrected chi connectivity index (χ2v) is 3.86. The van der Waals surface area contributed by atoms with E-state index in [0.717, 1.165) is 5.92 Å². The number of fused-ring (bicyclic) bond motifs is 2. The van der Waals surface area contributed by atoms with Crippen molar-refractivity contribution >= 4 is 0 Å². The van der Waals surface area contributed by atoms with Crippen LogP contribution in [0.25, 0.3) is 0 Å². The number of hydrogen-bond acceptors (Lipinski definition) is 0. The summed E-state index contributed by atoms with van der Waals surface area (Å²) in [5.74, 6) is 0.801. The lowest BCUT2D eigenvalue weighted by Gasteiger charge is -2.15. The molecule has 0 N–H and O–H groups in total. The van der Waals surface area contributed by atoms with E-state index < -0.39 is 0 Å². The fourth-order valence-corrected chi connectivity index (χ4v) is 2.29. The molecule has 0 aromatic heterocycles. The largest absolute Gasteiger partial charge is 0.0878 e. The van der Waals surface area contributed by atoms with Gasteiger partial charge in [0.2, 0.25) is 0 Å². The van der Waals surface area contributed by atoms with Gasteiger partial charge in [0.05, 0.1) is 0 Å². The maximum atomic E-state index is 2.39. The van der Waals surface area contributed by atoms with E-state index in [1.807, 2.05) is 0 Å². The molecular weight excluding hydrogens is 120 g/mol. The van der Waals surface area contributed by atoms with Crippen molar-refractivity contribution in [3.05, 3.63) is 23.8 Å². The minimum atomic E-state index is 0.534. The summed E-state index contributed by atoms with van der Waals surface area (Å²) in [6.07, 6.45) is 9.74. The summed E-state index contributed by atoms with van der Waals surface area (Å²) >= 11 is 0. The van der Waals surface area contributed by atoms with Crippen molar-refractivity contribution in [3.8, 4) is 0 Å². The Balaban J connectivity index is 2.35. The van der Waals surface area contributed by atoms with Crippen molar-refractivity contribution in [1.29, 1.82) is 0 Å². The molecule has 1 fully saturated rings. The van der Waals surface area contributed by atoms with Crippen LogP contribution < -0.4 is 0 Å². The van der Waals surface area contributed by atoms with Gasteiger partial charge in [-0.25, -0.2) is 0 Å². The lowest BCUT2D eigenvalue weighted by atomic mass is 9.89. The predicted molar refractivity (Wildman–Crippen MR) is 43.7 cm³/mol. The van der Waals surface area contributed by atoms with Gasteiger partial charge in [0.15, 0.2) is 0 Å². The molecule has 0 heterocycles. The van der Waals surface area contributed by atoms with Crippen LogP contribution in [0.3, 0.4) is 0 Å². The second kappa shape index (κ2) is 1.75.